The fourth-order valence-corrected chi connectivity index (χ4v) is 4.38. The van der Waals surface area contributed by atoms with Gasteiger partial charge in [0.2, 0.25) is 5.91 Å². The highest BCUT2D eigenvalue weighted by Gasteiger charge is 2.47. The molecule has 2 aliphatic heterocycles. The van der Waals surface area contributed by atoms with Crippen molar-refractivity contribution in [3.8, 4) is 0 Å². The van der Waals surface area contributed by atoms with E-state index < -0.39 is 0 Å². The Labute approximate surface area is 151 Å². The Bertz CT molecular complexity index is 576. The second-order valence-corrected chi connectivity index (χ2v) is 8.07. The topological polar surface area (TPSA) is 53.4 Å². The van der Waals surface area contributed by atoms with Crippen LogP contribution >= 0.6 is 0 Å². The molecule has 0 aromatic carbocycles. The van der Waals surface area contributed by atoms with Crippen molar-refractivity contribution in [1.29, 1.82) is 0 Å². The minimum absolute atomic E-state index is 0.0442. The largest absolute Gasteiger partial charge is 0.353 e. The van der Waals surface area contributed by atoms with Gasteiger partial charge in [-0.2, -0.15) is 5.10 Å². The number of hydrogen-bond acceptors (Lipinski definition) is 4. The molecule has 0 aliphatic carbocycles. The standard InChI is InChI=1S/C19H33N5O/c1-4-8-23-15-19(5-9-22(3)10-6-19)12-17(23)18(25)20-7-11-24-14-16(2)13-21-24/h13-14,17H,4-12,15H2,1-3H3,(H,20,25)/t17-/m1/s1. The lowest BCUT2D eigenvalue weighted by Crippen LogP contribution is -2.44. The maximum absolute atomic E-state index is 12.8. The SMILES string of the molecule is CCCN1CC2(CCN(C)CC2)C[C@@H]1C(=O)NCCn1cc(C)cn1. The first-order valence-corrected chi connectivity index (χ1v) is 9.71. The third-order valence-corrected chi connectivity index (χ3v) is 5.87. The van der Waals surface area contributed by atoms with Crippen LogP contribution < -0.4 is 5.32 Å². The first kappa shape index (κ1) is 18.4. The predicted molar refractivity (Wildman–Crippen MR) is 99.4 cm³/mol. The van der Waals surface area contributed by atoms with Gasteiger partial charge < -0.3 is 10.2 Å². The first-order chi connectivity index (χ1) is 12.0. The van der Waals surface area contributed by atoms with Crippen molar-refractivity contribution < 1.29 is 4.79 Å². The van der Waals surface area contributed by atoms with Crippen LogP contribution in [0.2, 0.25) is 0 Å². The Morgan fingerprint density at radius 1 is 1.36 bits per heavy atom. The maximum Gasteiger partial charge on any atom is 0.237 e. The van der Waals surface area contributed by atoms with E-state index in [9.17, 15) is 4.79 Å². The number of nitrogens with zero attached hydrogens (tertiary/aromatic N) is 4. The summed E-state index contributed by atoms with van der Waals surface area (Å²) in [4.78, 5) is 17.7. The zero-order valence-corrected chi connectivity index (χ0v) is 16.0. The highest BCUT2D eigenvalue weighted by molar-refractivity contribution is 5.82. The minimum atomic E-state index is 0.0442. The number of carbonyl (C=O) groups excluding carboxylic acids is 1. The summed E-state index contributed by atoms with van der Waals surface area (Å²) in [6.07, 6.45) is 8.43. The predicted octanol–water partition coefficient (Wildman–Crippen LogP) is 1.50. The molecule has 140 valence electrons. The number of carbonyl (C=O) groups is 1. The summed E-state index contributed by atoms with van der Waals surface area (Å²) in [5.74, 6) is 0.202. The molecule has 0 unspecified atom stereocenters. The molecule has 2 aliphatic rings. The van der Waals surface area contributed by atoms with Crippen LogP contribution in [0.15, 0.2) is 12.4 Å². The molecule has 1 amide bonds. The molecule has 1 N–H and O–H groups in total. The molecule has 2 saturated heterocycles. The van der Waals surface area contributed by atoms with Crippen molar-refractivity contribution in [3.63, 3.8) is 0 Å². The first-order valence-electron chi connectivity index (χ1n) is 9.71. The van der Waals surface area contributed by atoms with Gasteiger partial charge in [-0.3, -0.25) is 14.4 Å². The van der Waals surface area contributed by atoms with Crippen LogP contribution in [0, 0.1) is 12.3 Å². The summed E-state index contributed by atoms with van der Waals surface area (Å²) < 4.78 is 1.90. The van der Waals surface area contributed by atoms with E-state index in [0.717, 1.165) is 51.1 Å². The molecule has 1 spiro atoms. The van der Waals surface area contributed by atoms with Gasteiger partial charge in [-0.05, 0) is 70.3 Å². The van der Waals surface area contributed by atoms with Crippen LogP contribution in [0.5, 0.6) is 0 Å². The molecule has 1 aromatic rings. The summed E-state index contributed by atoms with van der Waals surface area (Å²) in [7, 11) is 2.20. The Balaban J connectivity index is 1.55. The van der Waals surface area contributed by atoms with Gasteiger partial charge in [-0.1, -0.05) is 6.92 Å². The molecule has 2 fully saturated rings. The zero-order valence-electron chi connectivity index (χ0n) is 16.0. The monoisotopic (exact) mass is 347 g/mol. The number of amides is 1. The van der Waals surface area contributed by atoms with Crippen molar-refractivity contribution >= 4 is 5.91 Å². The highest BCUT2D eigenvalue weighted by Crippen LogP contribution is 2.43. The summed E-state index contributed by atoms with van der Waals surface area (Å²) in [5, 5.41) is 7.43. The van der Waals surface area contributed by atoms with E-state index in [0.29, 0.717) is 12.0 Å². The Morgan fingerprint density at radius 2 is 2.12 bits per heavy atom. The minimum Gasteiger partial charge on any atom is -0.353 e. The summed E-state index contributed by atoms with van der Waals surface area (Å²) >= 11 is 0. The molecule has 1 atom stereocenters. The van der Waals surface area contributed by atoms with Crippen LogP contribution in [0.25, 0.3) is 0 Å². The lowest BCUT2D eigenvalue weighted by molar-refractivity contribution is -0.125. The van der Waals surface area contributed by atoms with Crippen LogP contribution in [-0.2, 0) is 11.3 Å². The van der Waals surface area contributed by atoms with E-state index >= 15 is 0 Å². The van der Waals surface area contributed by atoms with Gasteiger partial charge in [-0.25, -0.2) is 0 Å². The Morgan fingerprint density at radius 3 is 2.76 bits per heavy atom. The van der Waals surface area contributed by atoms with Crippen molar-refractivity contribution in [1.82, 2.24) is 24.9 Å². The van der Waals surface area contributed by atoms with E-state index in [1.165, 1.54) is 12.8 Å². The number of nitrogens with one attached hydrogen (secondary N) is 1. The van der Waals surface area contributed by atoms with Crippen LogP contribution in [0.3, 0.4) is 0 Å². The number of rotatable bonds is 6. The maximum atomic E-state index is 12.8. The second kappa shape index (κ2) is 7.87. The molecule has 6 heteroatoms. The normalized spacial score (nSPS) is 24.0. The fraction of sp³-hybridized carbons (Fsp3) is 0.789. The van der Waals surface area contributed by atoms with Gasteiger partial charge in [0, 0.05) is 19.3 Å². The summed E-state index contributed by atoms with van der Waals surface area (Å²) in [6.45, 7) is 10.0. The fourth-order valence-electron chi connectivity index (χ4n) is 4.38. The average Bonchev–Trinajstić information content (AvgIpc) is 3.15. The summed E-state index contributed by atoms with van der Waals surface area (Å²) in [6, 6.07) is 0.0442. The third kappa shape index (κ3) is 4.42. The molecule has 6 nitrogen and oxygen atoms in total. The van der Waals surface area contributed by atoms with Gasteiger partial charge in [0.1, 0.15) is 0 Å². The van der Waals surface area contributed by atoms with Gasteiger partial charge in [0.25, 0.3) is 0 Å². The van der Waals surface area contributed by atoms with E-state index in [2.05, 4.69) is 34.2 Å². The third-order valence-electron chi connectivity index (χ3n) is 5.87. The summed E-state index contributed by atoms with van der Waals surface area (Å²) in [5.41, 5.74) is 1.50. The van der Waals surface area contributed by atoms with Gasteiger partial charge in [0.05, 0.1) is 18.8 Å². The number of piperidine rings is 1. The number of hydrogen-bond donors (Lipinski definition) is 1. The van der Waals surface area contributed by atoms with Crippen molar-refractivity contribution in [3.05, 3.63) is 18.0 Å². The molecule has 0 saturated carbocycles. The van der Waals surface area contributed by atoms with Crippen LogP contribution in [-0.4, -0.2) is 71.3 Å². The Hall–Kier alpha value is -1.40. The van der Waals surface area contributed by atoms with E-state index in [1.807, 2.05) is 24.0 Å². The highest BCUT2D eigenvalue weighted by atomic mass is 16.2. The van der Waals surface area contributed by atoms with E-state index in [-0.39, 0.29) is 11.9 Å². The number of aryl methyl sites for hydroxylation is 1. The molecule has 3 rings (SSSR count). The van der Waals surface area contributed by atoms with Crippen LogP contribution in [0.1, 0.15) is 38.2 Å². The molecule has 0 radical (unpaired) electrons. The van der Waals surface area contributed by atoms with Gasteiger partial charge >= 0.3 is 0 Å². The molecule has 1 aromatic heterocycles. The molecular weight excluding hydrogens is 314 g/mol. The smallest absolute Gasteiger partial charge is 0.237 e. The van der Waals surface area contributed by atoms with E-state index in [4.69, 9.17) is 0 Å². The van der Waals surface area contributed by atoms with Crippen molar-refractivity contribution in [2.75, 3.05) is 39.8 Å². The lowest BCUT2D eigenvalue weighted by atomic mass is 9.76. The zero-order chi connectivity index (χ0) is 17.9. The molecule has 0 bridgehead atoms. The van der Waals surface area contributed by atoms with Crippen molar-refractivity contribution in [2.45, 2.75) is 52.1 Å². The van der Waals surface area contributed by atoms with Crippen LogP contribution in [0.4, 0.5) is 0 Å². The number of likely N-dealkylation sites (tertiary alicyclic amines) is 2. The number of aromatic nitrogens is 2. The average molecular weight is 348 g/mol. The van der Waals surface area contributed by atoms with Gasteiger partial charge in [-0.15, -0.1) is 0 Å². The molecule has 3 heterocycles. The molecule has 25 heavy (non-hydrogen) atoms. The quantitative estimate of drug-likeness (QED) is 0.847. The van der Waals surface area contributed by atoms with E-state index in [1.54, 1.807) is 0 Å². The van der Waals surface area contributed by atoms with Crippen molar-refractivity contribution in [2.24, 2.45) is 5.41 Å². The van der Waals surface area contributed by atoms with Gasteiger partial charge in [0.15, 0.2) is 0 Å². The second-order valence-electron chi connectivity index (χ2n) is 8.07. The lowest BCUT2D eigenvalue weighted by Gasteiger charge is -2.37. The Kier molecular flexibility index (Phi) is 5.79. The molecular formula is C19H33N5O.